The van der Waals surface area contributed by atoms with E-state index in [1.54, 1.807) is 13.3 Å². The molecule has 0 spiro atoms. The number of hydrogen-bond donors (Lipinski definition) is 1. The molecule has 3 heteroatoms. The maximum absolute atomic E-state index is 5.23. The van der Waals surface area contributed by atoms with Crippen LogP contribution in [0.4, 0.5) is 0 Å². The number of unbranched alkanes of at least 4 members (excludes halogenated alkanes) is 3. The van der Waals surface area contributed by atoms with Crippen LogP contribution in [0.2, 0.25) is 0 Å². The van der Waals surface area contributed by atoms with Crippen molar-refractivity contribution in [1.29, 1.82) is 0 Å². The summed E-state index contributed by atoms with van der Waals surface area (Å²) in [7, 11) is 1.67. The highest BCUT2D eigenvalue weighted by molar-refractivity contribution is 5.24. The zero-order valence-electron chi connectivity index (χ0n) is 12.6. The monoisotopic (exact) mass is 264 g/mol. The van der Waals surface area contributed by atoms with Crippen molar-refractivity contribution in [2.75, 3.05) is 13.7 Å². The first-order valence-electron chi connectivity index (χ1n) is 7.42. The molecule has 0 aliphatic carbocycles. The van der Waals surface area contributed by atoms with Gasteiger partial charge in [0.15, 0.2) is 0 Å². The number of methoxy groups -OCH3 is 1. The molecule has 1 aromatic rings. The minimum atomic E-state index is 0.729. The summed E-state index contributed by atoms with van der Waals surface area (Å²) in [5, 5.41) is 3.46. The van der Waals surface area contributed by atoms with Crippen molar-refractivity contribution in [3.63, 3.8) is 0 Å². The highest BCUT2D eigenvalue weighted by Crippen LogP contribution is 2.13. The van der Waals surface area contributed by atoms with E-state index in [1.807, 2.05) is 6.07 Å². The Kier molecular flexibility index (Phi) is 8.23. The summed E-state index contributed by atoms with van der Waals surface area (Å²) in [6, 6.07) is 4.01. The standard InChI is InChI=1S/C16H28N2O/c1-14(2)9-6-4-5-7-11-17-13-15-10-8-12-18-16(15)19-3/h8,10,12,14,17H,4-7,9,11,13H2,1-3H3. The van der Waals surface area contributed by atoms with Gasteiger partial charge < -0.3 is 10.1 Å². The average Bonchev–Trinajstić information content (AvgIpc) is 2.42. The van der Waals surface area contributed by atoms with Crippen LogP contribution in [-0.4, -0.2) is 18.6 Å². The lowest BCUT2D eigenvalue weighted by Crippen LogP contribution is -2.15. The molecule has 0 fully saturated rings. The minimum Gasteiger partial charge on any atom is -0.481 e. The number of pyridine rings is 1. The minimum absolute atomic E-state index is 0.729. The molecule has 1 aromatic heterocycles. The van der Waals surface area contributed by atoms with Gasteiger partial charge in [-0.25, -0.2) is 4.98 Å². The topological polar surface area (TPSA) is 34.1 Å². The lowest BCUT2D eigenvalue weighted by molar-refractivity contribution is 0.390. The van der Waals surface area contributed by atoms with Crippen molar-refractivity contribution >= 4 is 0 Å². The van der Waals surface area contributed by atoms with Crippen molar-refractivity contribution < 1.29 is 4.74 Å². The zero-order valence-corrected chi connectivity index (χ0v) is 12.6. The van der Waals surface area contributed by atoms with Gasteiger partial charge in [-0.1, -0.05) is 45.6 Å². The molecule has 0 unspecified atom stereocenters. The molecule has 1 N–H and O–H groups in total. The average molecular weight is 264 g/mol. The summed E-state index contributed by atoms with van der Waals surface area (Å²) in [5.74, 6) is 1.57. The van der Waals surface area contributed by atoms with Gasteiger partial charge in [0, 0.05) is 18.3 Å². The van der Waals surface area contributed by atoms with Crippen LogP contribution in [0.25, 0.3) is 0 Å². The Bertz CT molecular complexity index is 339. The van der Waals surface area contributed by atoms with Crippen LogP contribution >= 0.6 is 0 Å². The normalized spacial score (nSPS) is 10.9. The van der Waals surface area contributed by atoms with Gasteiger partial charge in [-0.2, -0.15) is 0 Å². The van der Waals surface area contributed by atoms with Gasteiger partial charge >= 0.3 is 0 Å². The van der Waals surface area contributed by atoms with Crippen molar-refractivity contribution in [2.45, 2.75) is 52.5 Å². The first-order chi connectivity index (χ1) is 9.24. The third-order valence-corrected chi connectivity index (χ3v) is 3.24. The summed E-state index contributed by atoms with van der Waals surface area (Å²) < 4.78 is 5.23. The molecule has 1 rings (SSSR count). The van der Waals surface area contributed by atoms with E-state index in [1.165, 1.54) is 32.1 Å². The second-order valence-electron chi connectivity index (χ2n) is 5.45. The van der Waals surface area contributed by atoms with Crippen LogP contribution in [0.5, 0.6) is 5.88 Å². The van der Waals surface area contributed by atoms with Gasteiger partial charge in [0.1, 0.15) is 0 Å². The molecule has 0 atom stereocenters. The molecule has 0 amide bonds. The summed E-state index contributed by atoms with van der Waals surface area (Å²) in [5.41, 5.74) is 1.13. The Morgan fingerprint density at radius 2 is 2.00 bits per heavy atom. The zero-order chi connectivity index (χ0) is 13.9. The summed E-state index contributed by atoms with van der Waals surface area (Å²) in [6.07, 6.45) is 8.42. The van der Waals surface area contributed by atoms with E-state index in [-0.39, 0.29) is 0 Å². The van der Waals surface area contributed by atoms with Crippen molar-refractivity contribution in [2.24, 2.45) is 5.92 Å². The third-order valence-electron chi connectivity index (χ3n) is 3.24. The predicted octanol–water partition coefficient (Wildman–Crippen LogP) is 3.79. The lowest BCUT2D eigenvalue weighted by Gasteiger charge is -2.08. The second kappa shape index (κ2) is 9.79. The molecule has 0 saturated heterocycles. The fourth-order valence-corrected chi connectivity index (χ4v) is 2.12. The van der Waals surface area contributed by atoms with Crippen molar-refractivity contribution in [1.82, 2.24) is 10.3 Å². The van der Waals surface area contributed by atoms with E-state index >= 15 is 0 Å². The molecule has 19 heavy (non-hydrogen) atoms. The molecule has 0 radical (unpaired) electrons. The van der Waals surface area contributed by atoms with Crippen molar-refractivity contribution in [3.8, 4) is 5.88 Å². The van der Waals surface area contributed by atoms with Crippen LogP contribution < -0.4 is 10.1 Å². The Morgan fingerprint density at radius 3 is 2.74 bits per heavy atom. The van der Waals surface area contributed by atoms with Gasteiger partial charge in [0.2, 0.25) is 5.88 Å². The molecule has 0 aliphatic heterocycles. The molecule has 1 heterocycles. The number of nitrogens with zero attached hydrogens (tertiary/aromatic N) is 1. The predicted molar refractivity (Wildman–Crippen MR) is 80.4 cm³/mol. The number of nitrogens with one attached hydrogen (secondary N) is 1. The fourth-order valence-electron chi connectivity index (χ4n) is 2.12. The maximum atomic E-state index is 5.23. The Balaban J connectivity index is 2.04. The van der Waals surface area contributed by atoms with E-state index in [0.29, 0.717) is 0 Å². The Morgan fingerprint density at radius 1 is 1.21 bits per heavy atom. The summed E-state index contributed by atoms with van der Waals surface area (Å²) in [6.45, 7) is 6.49. The van der Waals surface area contributed by atoms with Crippen LogP contribution in [0.3, 0.4) is 0 Å². The van der Waals surface area contributed by atoms with Crippen LogP contribution in [0.15, 0.2) is 18.3 Å². The van der Waals surface area contributed by atoms with Crippen molar-refractivity contribution in [3.05, 3.63) is 23.9 Å². The SMILES string of the molecule is COc1ncccc1CNCCCCCCC(C)C. The highest BCUT2D eigenvalue weighted by Gasteiger charge is 2.01. The smallest absolute Gasteiger partial charge is 0.217 e. The molecule has 108 valence electrons. The first-order valence-corrected chi connectivity index (χ1v) is 7.42. The molecule has 0 saturated carbocycles. The van der Waals surface area contributed by atoms with Crippen LogP contribution in [-0.2, 0) is 6.54 Å². The van der Waals surface area contributed by atoms with E-state index < -0.39 is 0 Å². The quantitative estimate of drug-likeness (QED) is 0.653. The van der Waals surface area contributed by atoms with E-state index in [0.717, 1.165) is 30.5 Å². The van der Waals surface area contributed by atoms with E-state index in [2.05, 4.69) is 30.2 Å². The van der Waals surface area contributed by atoms with Crippen LogP contribution in [0.1, 0.15) is 51.5 Å². The molecular formula is C16H28N2O. The summed E-state index contributed by atoms with van der Waals surface area (Å²) in [4.78, 5) is 4.19. The number of ether oxygens (including phenoxy) is 1. The number of hydrogen-bond acceptors (Lipinski definition) is 3. The van der Waals surface area contributed by atoms with E-state index in [9.17, 15) is 0 Å². The van der Waals surface area contributed by atoms with Crippen LogP contribution in [0, 0.1) is 5.92 Å². The Hall–Kier alpha value is -1.09. The van der Waals surface area contributed by atoms with Gasteiger partial charge in [-0.3, -0.25) is 0 Å². The number of aromatic nitrogens is 1. The maximum Gasteiger partial charge on any atom is 0.217 e. The van der Waals surface area contributed by atoms with E-state index in [4.69, 9.17) is 4.74 Å². The molecule has 0 aromatic carbocycles. The number of rotatable bonds is 10. The molecule has 0 aliphatic rings. The highest BCUT2D eigenvalue weighted by atomic mass is 16.5. The second-order valence-corrected chi connectivity index (χ2v) is 5.45. The fraction of sp³-hybridized carbons (Fsp3) is 0.688. The third kappa shape index (κ3) is 7.16. The molecule has 3 nitrogen and oxygen atoms in total. The van der Waals surface area contributed by atoms with Gasteiger partial charge in [-0.05, 0) is 24.9 Å². The lowest BCUT2D eigenvalue weighted by atomic mass is 10.0. The van der Waals surface area contributed by atoms with Gasteiger partial charge in [0.25, 0.3) is 0 Å². The largest absolute Gasteiger partial charge is 0.481 e. The molecular weight excluding hydrogens is 236 g/mol. The first kappa shape index (κ1) is 16.0. The van der Waals surface area contributed by atoms with Gasteiger partial charge in [-0.15, -0.1) is 0 Å². The van der Waals surface area contributed by atoms with Gasteiger partial charge in [0.05, 0.1) is 7.11 Å². The Labute approximate surface area is 117 Å². The summed E-state index contributed by atoms with van der Waals surface area (Å²) >= 11 is 0. The molecule has 0 bridgehead atoms.